The lowest BCUT2D eigenvalue weighted by Gasteiger charge is -2.26. The molecule has 0 unspecified atom stereocenters. The Kier molecular flexibility index (Phi) is 7.38. The first kappa shape index (κ1) is 22.0. The van der Waals surface area contributed by atoms with Crippen LogP contribution in [0.1, 0.15) is 49.3 Å². The van der Waals surface area contributed by atoms with E-state index in [0.29, 0.717) is 18.5 Å². The van der Waals surface area contributed by atoms with Crippen molar-refractivity contribution >= 4 is 11.6 Å². The molecule has 166 valence electrons. The number of anilines is 1. The van der Waals surface area contributed by atoms with Gasteiger partial charge < -0.3 is 10.1 Å². The number of carbonyl (C=O) groups excluding carboxylic acids is 1. The molecule has 5 heteroatoms. The summed E-state index contributed by atoms with van der Waals surface area (Å²) in [7, 11) is 0. The summed E-state index contributed by atoms with van der Waals surface area (Å²) in [5.41, 5.74) is 4.77. The van der Waals surface area contributed by atoms with Gasteiger partial charge >= 0.3 is 0 Å². The van der Waals surface area contributed by atoms with E-state index >= 15 is 0 Å². The molecule has 1 aliphatic carbocycles. The van der Waals surface area contributed by atoms with E-state index in [-0.39, 0.29) is 5.91 Å². The van der Waals surface area contributed by atoms with Crippen LogP contribution in [0.15, 0.2) is 48.5 Å². The maximum atomic E-state index is 12.7. The standard InChI is InChI=1S/C26H35N3O2/c1-20(2)23-7-3-22(4-8-23)18-29(25-11-12-25)19-26(30)27-24-9-5-21(6-10-24)17-28-13-15-31-16-14-28/h3-10,20,25H,11-19H2,1-2H3,(H,27,30). The van der Waals surface area contributed by atoms with Crippen molar-refractivity contribution in [2.45, 2.75) is 51.7 Å². The van der Waals surface area contributed by atoms with Gasteiger partial charge in [-0.15, -0.1) is 0 Å². The third-order valence-corrected chi connectivity index (χ3v) is 6.19. The van der Waals surface area contributed by atoms with Gasteiger partial charge in [0, 0.05) is 37.9 Å². The Balaban J connectivity index is 1.29. The van der Waals surface area contributed by atoms with Gasteiger partial charge in [-0.25, -0.2) is 0 Å². The molecule has 31 heavy (non-hydrogen) atoms. The number of rotatable bonds is 9. The van der Waals surface area contributed by atoms with Crippen molar-refractivity contribution in [2.75, 3.05) is 38.2 Å². The van der Waals surface area contributed by atoms with E-state index in [0.717, 1.165) is 45.1 Å². The van der Waals surface area contributed by atoms with Crippen LogP contribution in [0.25, 0.3) is 0 Å². The number of morpholine rings is 1. The molecule has 2 aromatic rings. The summed E-state index contributed by atoms with van der Waals surface area (Å²) in [5.74, 6) is 0.603. The third kappa shape index (κ3) is 6.63. The Morgan fingerprint density at radius 2 is 1.68 bits per heavy atom. The molecular weight excluding hydrogens is 386 g/mol. The quantitative estimate of drug-likeness (QED) is 0.658. The second kappa shape index (κ2) is 10.4. The predicted molar refractivity (Wildman–Crippen MR) is 125 cm³/mol. The molecular formula is C26H35N3O2. The summed E-state index contributed by atoms with van der Waals surface area (Å²) >= 11 is 0. The molecule has 0 bridgehead atoms. The van der Waals surface area contributed by atoms with Crippen molar-refractivity contribution in [3.05, 3.63) is 65.2 Å². The maximum absolute atomic E-state index is 12.7. The fourth-order valence-electron chi connectivity index (χ4n) is 4.09. The number of nitrogens with zero attached hydrogens (tertiary/aromatic N) is 2. The minimum Gasteiger partial charge on any atom is -0.379 e. The van der Waals surface area contributed by atoms with Crippen LogP contribution in [-0.2, 0) is 22.6 Å². The molecule has 1 amide bonds. The van der Waals surface area contributed by atoms with Crippen LogP contribution in [-0.4, -0.2) is 54.6 Å². The minimum atomic E-state index is 0.0617. The van der Waals surface area contributed by atoms with Gasteiger partial charge in [0.25, 0.3) is 0 Å². The lowest BCUT2D eigenvalue weighted by molar-refractivity contribution is -0.117. The zero-order chi connectivity index (χ0) is 21.6. The second-order valence-electron chi connectivity index (χ2n) is 9.17. The molecule has 4 rings (SSSR count). The number of hydrogen-bond acceptors (Lipinski definition) is 4. The van der Waals surface area contributed by atoms with Crippen molar-refractivity contribution in [1.29, 1.82) is 0 Å². The normalized spacial score (nSPS) is 17.3. The zero-order valence-corrected chi connectivity index (χ0v) is 18.8. The molecule has 5 nitrogen and oxygen atoms in total. The molecule has 0 radical (unpaired) electrons. The zero-order valence-electron chi connectivity index (χ0n) is 18.8. The molecule has 2 fully saturated rings. The SMILES string of the molecule is CC(C)c1ccc(CN(CC(=O)Nc2ccc(CN3CCOCC3)cc2)C2CC2)cc1. The molecule has 2 aliphatic rings. The molecule has 1 saturated heterocycles. The number of hydrogen-bond donors (Lipinski definition) is 1. The topological polar surface area (TPSA) is 44.8 Å². The molecule has 0 spiro atoms. The first-order chi connectivity index (χ1) is 15.1. The molecule has 1 N–H and O–H groups in total. The summed E-state index contributed by atoms with van der Waals surface area (Å²) in [5, 5.41) is 3.08. The molecule has 0 aromatic heterocycles. The van der Waals surface area contributed by atoms with Crippen LogP contribution in [0.2, 0.25) is 0 Å². The van der Waals surface area contributed by atoms with E-state index in [1.54, 1.807) is 0 Å². The monoisotopic (exact) mass is 421 g/mol. The van der Waals surface area contributed by atoms with Gasteiger partial charge in [0.1, 0.15) is 0 Å². The van der Waals surface area contributed by atoms with Crippen LogP contribution < -0.4 is 5.32 Å². The first-order valence-corrected chi connectivity index (χ1v) is 11.6. The van der Waals surface area contributed by atoms with E-state index in [1.165, 1.54) is 29.5 Å². The van der Waals surface area contributed by atoms with Gasteiger partial charge in [-0.3, -0.25) is 14.6 Å². The molecule has 1 aliphatic heterocycles. The minimum absolute atomic E-state index is 0.0617. The van der Waals surface area contributed by atoms with Gasteiger partial charge in [-0.1, -0.05) is 50.2 Å². The molecule has 2 aromatic carbocycles. The van der Waals surface area contributed by atoms with Gasteiger partial charge in [0.05, 0.1) is 19.8 Å². The highest BCUT2D eigenvalue weighted by molar-refractivity contribution is 5.92. The highest BCUT2D eigenvalue weighted by atomic mass is 16.5. The first-order valence-electron chi connectivity index (χ1n) is 11.6. The second-order valence-corrected chi connectivity index (χ2v) is 9.17. The predicted octanol–water partition coefficient (Wildman–Crippen LogP) is 4.25. The van der Waals surface area contributed by atoms with Crippen molar-refractivity contribution in [1.82, 2.24) is 9.80 Å². The highest BCUT2D eigenvalue weighted by Crippen LogP contribution is 2.28. The fraction of sp³-hybridized carbons (Fsp3) is 0.500. The van der Waals surface area contributed by atoms with E-state index in [9.17, 15) is 4.79 Å². The maximum Gasteiger partial charge on any atom is 0.238 e. The fourth-order valence-corrected chi connectivity index (χ4v) is 4.09. The van der Waals surface area contributed by atoms with E-state index in [1.807, 2.05) is 12.1 Å². The van der Waals surface area contributed by atoms with E-state index < -0.39 is 0 Å². The smallest absolute Gasteiger partial charge is 0.238 e. The summed E-state index contributed by atoms with van der Waals surface area (Å²) in [6.45, 7) is 10.2. The Morgan fingerprint density at radius 1 is 1.03 bits per heavy atom. The summed E-state index contributed by atoms with van der Waals surface area (Å²) in [6.07, 6.45) is 2.38. The van der Waals surface area contributed by atoms with Crippen molar-refractivity contribution in [3.8, 4) is 0 Å². The largest absolute Gasteiger partial charge is 0.379 e. The van der Waals surface area contributed by atoms with Gasteiger partial charge in [0.15, 0.2) is 0 Å². The summed E-state index contributed by atoms with van der Waals surface area (Å²) in [6, 6.07) is 17.6. The van der Waals surface area contributed by atoms with Crippen LogP contribution in [0, 0.1) is 0 Å². The number of carbonyl (C=O) groups is 1. The van der Waals surface area contributed by atoms with Gasteiger partial charge in [0.2, 0.25) is 5.91 Å². The average molecular weight is 422 g/mol. The number of ether oxygens (including phenoxy) is 1. The van der Waals surface area contributed by atoms with Gasteiger partial charge in [-0.05, 0) is 47.6 Å². The number of nitrogens with one attached hydrogen (secondary N) is 1. The Hall–Kier alpha value is -2.21. The Bertz CT molecular complexity index is 838. The number of amides is 1. The third-order valence-electron chi connectivity index (χ3n) is 6.19. The summed E-state index contributed by atoms with van der Waals surface area (Å²) in [4.78, 5) is 17.4. The van der Waals surface area contributed by atoms with Crippen molar-refractivity contribution in [3.63, 3.8) is 0 Å². The molecule has 1 heterocycles. The van der Waals surface area contributed by atoms with Gasteiger partial charge in [-0.2, -0.15) is 0 Å². The average Bonchev–Trinajstić information content (AvgIpc) is 3.61. The molecule has 1 saturated carbocycles. The van der Waals surface area contributed by atoms with Crippen molar-refractivity contribution < 1.29 is 9.53 Å². The highest BCUT2D eigenvalue weighted by Gasteiger charge is 2.30. The van der Waals surface area contributed by atoms with E-state index in [2.05, 4.69) is 65.4 Å². The van der Waals surface area contributed by atoms with Crippen LogP contribution in [0.5, 0.6) is 0 Å². The Morgan fingerprint density at radius 3 is 2.29 bits per heavy atom. The number of benzene rings is 2. The summed E-state index contributed by atoms with van der Waals surface area (Å²) < 4.78 is 5.41. The van der Waals surface area contributed by atoms with Crippen molar-refractivity contribution in [2.24, 2.45) is 0 Å². The van der Waals surface area contributed by atoms with Crippen LogP contribution in [0.3, 0.4) is 0 Å². The lowest BCUT2D eigenvalue weighted by Crippen LogP contribution is -2.35. The lowest BCUT2D eigenvalue weighted by atomic mass is 10.0. The molecule has 0 atom stereocenters. The van der Waals surface area contributed by atoms with E-state index in [4.69, 9.17) is 4.74 Å². The Labute approximate surface area is 186 Å². The van der Waals surface area contributed by atoms with Crippen LogP contribution in [0.4, 0.5) is 5.69 Å². The van der Waals surface area contributed by atoms with Crippen LogP contribution >= 0.6 is 0 Å².